The molecule has 0 bridgehead atoms. The molecule has 0 aliphatic rings. The Bertz CT molecular complexity index is 895. The van der Waals surface area contributed by atoms with E-state index in [4.69, 9.17) is 0 Å². The third-order valence-corrected chi connectivity index (χ3v) is 4.15. The number of aromatic nitrogens is 1. The molecule has 0 radical (unpaired) electrons. The predicted octanol–water partition coefficient (Wildman–Crippen LogP) is 5.37. The number of aromatic amines is 1. The lowest BCUT2D eigenvalue weighted by Gasteiger charge is -2.20. The SMILES string of the molecule is c1ccc(NC(c2ccccc2)c2c[nH]c3ccccc23)cc1. The number of rotatable bonds is 4. The number of hydrogen-bond donors (Lipinski definition) is 2. The third kappa shape index (κ3) is 2.71. The van der Waals surface area contributed by atoms with Crippen LogP contribution in [0.3, 0.4) is 0 Å². The standard InChI is InChI=1S/C21H18N2/c1-3-9-16(10-4-1)21(23-17-11-5-2-6-12-17)19-15-22-20-14-8-7-13-18(19)20/h1-15,21-23H. The van der Waals surface area contributed by atoms with Gasteiger partial charge in [-0.05, 0) is 23.8 Å². The summed E-state index contributed by atoms with van der Waals surface area (Å²) in [5.41, 5.74) is 4.79. The van der Waals surface area contributed by atoms with Crippen LogP contribution in [0.15, 0.2) is 91.1 Å². The van der Waals surface area contributed by atoms with E-state index in [2.05, 4.69) is 95.4 Å². The Morgan fingerprint density at radius 2 is 1.35 bits per heavy atom. The van der Waals surface area contributed by atoms with Gasteiger partial charge in [-0.2, -0.15) is 0 Å². The van der Waals surface area contributed by atoms with E-state index in [1.54, 1.807) is 0 Å². The van der Waals surface area contributed by atoms with Crippen molar-refractivity contribution in [1.82, 2.24) is 4.98 Å². The molecule has 1 unspecified atom stereocenters. The molecule has 2 nitrogen and oxygen atoms in total. The molecular weight excluding hydrogens is 280 g/mol. The molecule has 0 saturated carbocycles. The maximum absolute atomic E-state index is 3.67. The van der Waals surface area contributed by atoms with E-state index in [1.165, 1.54) is 22.0 Å². The van der Waals surface area contributed by atoms with Gasteiger partial charge in [0.2, 0.25) is 0 Å². The second kappa shape index (κ2) is 6.01. The van der Waals surface area contributed by atoms with Gasteiger partial charge < -0.3 is 10.3 Å². The summed E-state index contributed by atoms with van der Waals surface area (Å²) in [6.45, 7) is 0. The van der Waals surface area contributed by atoms with Gasteiger partial charge in [0, 0.05) is 28.4 Å². The first kappa shape index (κ1) is 13.6. The molecule has 4 aromatic rings. The molecule has 0 amide bonds. The van der Waals surface area contributed by atoms with E-state index < -0.39 is 0 Å². The lowest BCUT2D eigenvalue weighted by atomic mass is 9.98. The van der Waals surface area contributed by atoms with Crippen molar-refractivity contribution in [2.24, 2.45) is 0 Å². The van der Waals surface area contributed by atoms with Crippen LogP contribution in [0, 0.1) is 0 Å². The van der Waals surface area contributed by atoms with Crippen LogP contribution >= 0.6 is 0 Å². The molecule has 112 valence electrons. The summed E-state index contributed by atoms with van der Waals surface area (Å²) in [5.74, 6) is 0. The van der Waals surface area contributed by atoms with E-state index in [9.17, 15) is 0 Å². The Kier molecular flexibility index (Phi) is 3.57. The largest absolute Gasteiger partial charge is 0.374 e. The smallest absolute Gasteiger partial charge is 0.0788 e. The highest BCUT2D eigenvalue weighted by atomic mass is 14.9. The molecule has 2 N–H and O–H groups in total. The highest BCUT2D eigenvalue weighted by molar-refractivity contribution is 5.84. The van der Waals surface area contributed by atoms with Gasteiger partial charge in [0.25, 0.3) is 0 Å². The van der Waals surface area contributed by atoms with Crippen LogP contribution in [0.1, 0.15) is 17.2 Å². The number of H-pyrrole nitrogens is 1. The quantitative estimate of drug-likeness (QED) is 0.521. The molecule has 1 atom stereocenters. The summed E-state index contributed by atoms with van der Waals surface area (Å²) in [6, 6.07) is 29.5. The Labute approximate surface area is 135 Å². The van der Waals surface area contributed by atoms with E-state index in [-0.39, 0.29) is 6.04 Å². The van der Waals surface area contributed by atoms with Crippen LogP contribution < -0.4 is 5.32 Å². The van der Waals surface area contributed by atoms with Crippen molar-refractivity contribution in [3.63, 3.8) is 0 Å². The number of benzene rings is 3. The Morgan fingerprint density at radius 3 is 2.13 bits per heavy atom. The summed E-state index contributed by atoms with van der Waals surface area (Å²) >= 11 is 0. The zero-order valence-electron chi connectivity index (χ0n) is 12.7. The lowest BCUT2D eigenvalue weighted by molar-refractivity contribution is 0.949. The molecule has 1 aromatic heterocycles. The zero-order valence-corrected chi connectivity index (χ0v) is 12.7. The fraction of sp³-hybridized carbons (Fsp3) is 0.0476. The summed E-state index contributed by atoms with van der Waals surface area (Å²) in [5, 5.41) is 4.92. The third-order valence-electron chi connectivity index (χ3n) is 4.15. The fourth-order valence-corrected chi connectivity index (χ4v) is 3.02. The molecule has 0 aliphatic carbocycles. The molecule has 0 saturated heterocycles. The summed E-state index contributed by atoms with van der Waals surface area (Å²) in [6.07, 6.45) is 2.11. The van der Waals surface area contributed by atoms with Crippen molar-refractivity contribution < 1.29 is 0 Å². The minimum absolute atomic E-state index is 0.106. The maximum Gasteiger partial charge on any atom is 0.0788 e. The molecule has 1 heterocycles. The molecule has 0 fully saturated rings. The van der Waals surface area contributed by atoms with Gasteiger partial charge in [0.05, 0.1) is 6.04 Å². The van der Waals surface area contributed by atoms with Crippen molar-refractivity contribution in [3.8, 4) is 0 Å². The van der Waals surface area contributed by atoms with Gasteiger partial charge in [0.1, 0.15) is 0 Å². The number of anilines is 1. The normalized spacial score (nSPS) is 12.2. The summed E-state index contributed by atoms with van der Waals surface area (Å²) < 4.78 is 0. The van der Waals surface area contributed by atoms with Crippen LogP contribution in [0.25, 0.3) is 10.9 Å². The minimum atomic E-state index is 0.106. The highest BCUT2D eigenvalue weighted by Crippen LogP contribution is 2.31. The highest BCUT2D eigenvalue weighted by Gasteiger charge is 2.17. The fourth-order valence-electron chi connectivity index (χ4n) is 3.02. The molecule has 4 rings (SSSR count). The molecular formula is C21H18N2. The first-order valence-electron chi connectivity index (χ1n) is 7.84. The van der Waals surface area contributed by atoms with Crippen molar-refractivity contribution in [3.05, 3.63) is 102 Å². The minimum Gasteiger partial charge on any atom is -0.374 e. The van der Waals surface area contributed by atoms with Crippen molar-refractivity contribution >= 4 is 16.6 Å². The summed E-state index contributed by atoms with van der Waals surface area (Å²) in [7, 11) is 0. The van der Waals surface area contributed by atoms with Crippen molar-refractivity contribution in [2.75, 3.05) is 5.32 Å². The van der Waals surface area contributed by atoms with Gasteiger partial charge >= 0.3 is 0 Å². The van der Waals surface area contributed by atoms with Gasteiger partial charge in [-0.1, -0.05) is 66.7 Å². The first-order chi connectivity index (χ1) is 11.4. The second-order valence-corrected chi connectivity index (χ2v) is 5.64. The Balaban J connectivity index is 1.82. The second-order valence-electron chi connectivity index (χ2n) is 5.64. The average molecular weight is 298 g/mol. The number of fused-ring (bicyclic) bond motifs is 1. The van der Waals surface area contributed by atoms with Crippen molar-refractivity contribution in [1.29, 1.82) is 0 Å². The van der Waals surface area contributed by atoms with Crippen LogP contribution in [0.5, 0.6) is 0 Å². The Morgan fingerprint density at radius 1 is 0.696 bits per heavy atom. The zero-order chi connectivity index (χ0) is 15.5. The van der Waals surface area contributed by atoms with E-state index in [0.29, 0.717) is 0 Å². The van der Waals surface area contributed by atoms with E-state index in [0.717, 1.165) is 5.69 Å². The maximum atomic E-state index is 3.67. The van der Waals surface area contributed by atoms with E-state index >= 15 is 0 Å². The number of hydrogen-bond acceptors (Lipinski definition) is 1. The molecule has 0 spiro atoms. The van der Waals surface area contributed by atoms with Crippen molar-refractivity contribution in [2.45, 2.75) is 6.04 Å². The summed E-state index contributed by atoms with van der Waals surface area (Å²) in [4.78, 5) is 3.38. The molecule has 23 heavy (non-hydrogen) atoms. The van der Waals surface area contributed by atoms with Crippen LogP contribution in [-0.4, -0.2) is 4.98 Å². The monoisotopic (exact) mass is 298 g/mol. The Hall–Kier alpha value is -3.00. The number of nitrogens with one attached hydrogen (secondary N) is 2. The molecule has 2 heteroatoms. The topological polar surface area (TPSA) is 27.8 Å². The van der Waals surface area contributed by atoms with Gasteiger partial charge in [-0.25, -0.2) is 0 Å². The van der Waals surface area contributed by atoms with Gasteiger partial charge in [-0.15, -0.1) is 0 Å². The van der Waals surface area contributed by atoms with Gasteiger partial charge in [-0.3, -0.25) is 0 Å². The van der Waals surface area contributed by atoms with E-state index in [1.807, 2.05) is 6.07 Å². The molecule has 3 aromatic carbocycles. The van der Waals surface area contributed by atoms with Crippen LogP contribution in [0.2, 0.25) is 0 Å². The van der Waals surface area contributed by atoms with Crippen LogP contribution in [-0.2, 0) is 0 Å². The first-order valence-corrected chi connectivity index (χ1v) is 7.84. The van der Waals surface area contributed by atoms with Crippen LogP contribution in [0.4, 0.5) is 5.69 Å². The molecule has 0 aliphatic heterocycles. The predicted molar refractivity (Wildman–Crippen MR) is 96.6 cm³/mol. The van der Waals surface area contributed by atoms with Gasteiger partial charge in [0.15, 0.2) is 0 Å². The lowest BCUT2D eigenvalue weighted by Crippen LogP contribution is -2.11. The average Bonchev–Trinajstić information content (AvgIpc) is 3.05. The number of para-hydroxylation sites is 2.